The summed E-state index contributed by atoms with van der Waals surface area (Å²) in [4.78, 5) is 4.00. The van der Waals surface area contributed by atoms with Crippen molar-refractivity contribution in [3.63, 3.8) is 0 Å². The maximum Gasteiger partial charge on any atom is 0.416 e. The zero-order chi connectivity index (χ0) is 12.6. The predicted octanol–water partition coefficient (Wildman–Crippen LogP) is 3.51. The van der Waals surface area contributed by atoms with Crippen molar-refractivity contribution in [1.29, 1.82) is 0 Å². The van der Waals surface area contributed by atoms with Crippen LogP contribution in [0.4, 0.5) is 13.2 Å². The smallest absolute Gasteiger partial charge is 0.304 e. The number of halogens is 3. The lowest BCUT2D eigenvalue weighted by atomic mass is 10.1. The van der Waals surface area contributed by atoms with E-state index in [9.17, 15) is 13.2 Å². The molecule has 1 heterocycles. The van der Waals surface area contributed by atoms with E-state index in [1.54, 1.807) is 36.9 Å². The first-order valence-electron chi connectivity index (χ1n) is 5.07. The van der Waals surface area contributed by atoms with E-state index in [0.29, 0.717) is 17.1 Å². The summed E-state index contributed by atoms with van der Waals surface area (Å²) in [6.45, 7) is 3.39. The molecule has 0 unspecified atom stereocenters. The number of aromatic nitrogens is 2. The van der Waals surface area contributed by atoms with Crippen LogP contribution in [0.3, 0.4) is 0 Å². The van der Waals surface area contributed by atoms with E-state index in [4.69, 9.17) is 0 Å². The van der Waals surface area contributed by atoms with Crippen LogP contribution >= 0.6 is 0 Å². The molecule has 17 heavy (non-hydrogen) atoms. The van der Waals surface area contributed by atoms with Gasteiger partial charge in [0.25, 0.3) is 0 Å². The van der Waals surface area contributed by atoms with Crippen molar-refractivity contribution in [3.8, 4) is 5.69 Å². The predicted molar refractivity (Wildman–Crippen MR) is 58.0 cm³/mol. The van der Waals surface area contributed by atoms with Crippen LogP contribution in [0, 0.1) is 13.8 Å². The average molecular weight is 240 g/mol. The Hall–Kier alpha value is -1.78. The lowest BCUT2D eigenvalue weighted by Crippen LogP contribution is -2.07. The minimum Gasteiger partial charge on any atom is -0.304 e. The molecule has 1 aromatic heterocycles. The van der Waals surface area contributed by atoms with Gasteiger partial charge in [0.05, 0.1) is 5.56 Å². The SMILES string of the molecule is Cc1cc(-n2ccnc2C)cc(C(F)(F)F)c1. The number of alkyl halides is 3. The van der Waals surface area contributed by atoms with Gasteiger partial charge in [0.1, 0.15) is 5.82 Å². The Bertz CT molecular complexity index is 541. The van der Waals surface area contributed by atoms with Crippen LogP contribution in [0.15, 0.2) is 30.6 Å². The molecule has 0 bridgehead atoms. The molecule has 5 heteroatoms. The molecule has 0 aliphatic heterocycles. The largest absolute Gasteiger partial charge is 0.416 e. The van der Waals surface area contributed by atoms with Gasteiger partial charge in [-0.15, -0.1) is 0 Å². The van der Waals surface area contributed by atoms with Gasteiger partial charge in [-0.2, -0.15) is 13.2 Å². The minimum absolute atomic E-state index is 0.479. The molecule has 0 radical (unpaired) electrons. The Morgan fingerprint density at radius 3 is 2.35 bits per heavy atom. The van der Waals surface area contributed by atoms with Crippen molar-refractivity contribution < 1.29 is 13.2 Å². The monoisotopic (exact) mass is 240 g/mol. The maximum absolute atomic E-state index is 12.7. The Morgan fingerprint density at radius 1 is 1.12 bits per heavy atom. The fraction of sp³-hybridized carbons (Fsp3) is 0.250. The molecule has 0 aliphatic carbocycles. The van der Waals surface area contributed by atoms with Gasteiger partial charge in [0, 0.05) is 18.1 Å². The van der Waals surface area contributed by atoms with Crippen molar-refractivity contribution >= 4 is 0 Å². The van der Waals surface area contributed by atoms with Crippen molar-refractivity contribution in [1.82, 2.24) is 9.55 Å². The summed E-state index contributed by atoms with van der Waals surface area (Å²) in [6, 6.07) is 3.96. The van der Waals surface area contributed by atoms with E-state index in [-0.39, 0.29) is 0 Å². The second-order valence-corrected chi connectivity index (χ2v) is 3.90. The molecule has 0 saturated heterocycles. The summed E-state index contributed by atoms with van der Waals surface area (Å²) in [5.74, 6) is 0.656. The van der Waals surface area contributed by atoms with Crippen LogP contribution < -0.4 is 0 Å². The third-order valence-corrected chi connectivity index (χ3v) is 2.49. The molecule has 0 aliphatic rings. The summed E-state index contributed by atoms with van der Waals surface area (Å²) in [5, 5.41) is 0. The van der Waals surface area contributed by atoms with E-state index in [1.807, 2.05) is 0 Å². The minimum atomic E-state index is -4.32. The second kappa shape index (κ2) is 3.91. The Labute approximate surface area is 96.7 Å². The highest BCUT2D eigenvalue weighted by atomic mass is 19.4. The second-order valence-electron chi connectivity index (χ2n) is 3.90. The van der Waals surface area contributed by atoms with Gasteiger partial charge in [-0.3, -0.25) is 0 Å². The highest BCUT2D eigenvalue weighted by Gasteiger charge is 2.31. The van der Waals surface area contributed by atoms with E-state index in [2.05, 4.69) is 4.98 Å². The maximum atomic E-state index is 12.7. The number of hydrogen-bond donors (Lipinski definition) is 0. The zero-order valence-electron chi connectivity index (χ0n) is 9.42. The van der Waals surface area contributed by atoms with Crippen molar-refractivity contribution in [2.24, 2.45) is 0 Å². The van der Waals surface area contributed by atoms with Gasteiger partial charge in [0.2, 0.25) is 0 Å². The van der Waals surface area contributed by atoms with Crippen molar-refractivity contribution in [2.75, 3.05) is 0 Å². The number of imidazole rings is 1. The fourth-order valence-corrected chi connectivity index (χ4v) is 1.72. The highest BCUT2D eigenvalue weighted by Crippen LogP contribution is 2.31. The Kier molecular flexibility index (Phi) is 2.69. The quantitative estimate of drug-likeness (QED) is 0.745. The third-order valence-electron chi connectivity index (χ3n) is 2.49. The summed E-state index contributed by atoms with van der Waals surface area (Å²) < 4.78 is 39.6. The first-order chi connectivity index (χ1) is 7.88. The molecule has 0 atom stereocenters. The molecule has 0 N–H and O–H groups in total. The molecule has 0 amide bonds. The average Bonchev–Trinajstić information content (AvgIpc) is 2.62. The lowest BCUT2D eigenvalue weighted by Gasteiger charge is -2.12. The number of aryl methyl sites for hydroxylation is 2. The molecule has 2 nitrogen and oxygen atoms in total. The van der Waals surface area contributed by atoms with E-state index < -0.39 is 11.7 Å². The Balaban J connectivity index is 2.57. The van der Waals surface area contributed by atoms with Gasteiger partial charge in [-0.25, -0.2) is 4.98 Å². The zero-order valence-corrected chi connectivity index (χ0v) is 9.42. The van der Waals surface area contributed by atoms with Gasteiger partial charge < -0.3 is 4.57 Å². The van der Waals surface area contributed by atoms with Crippen LogP contribution in [0.5, 0.6) is 0 Å². The molecule has 0 fully saturated rings. The van der Waals surface area contributed by atoms with Gasteiger partial charge in [-0.1, -0.05) is 0 Å². The molecule has 1 aromatic carbocycles. The molecule has 2 aromatic rings. The normalized spacial score (nSPS) is 11.8. The van der Waals surface area contributed by atoms with Crippen LogP contribution in [0.2, 0.25) is 0 Å². The van der Waals surface area contributed by atoms with E-state index in [0.717, 1.165) is 12.1 Å². The standard InChI is InChI=1S/C12H11F3N2/c1-8-5-10(12(13,14)15)7-11(6-8)17-4-3-16-9(17)2/h3-7H,1-2H3. The summed E-state index contributed by atoms with van der Waals surface area (Å²) in [5.41, 5.74) is 0.413. The van der Waals surface area contributed by atoms with E-state index >= 15 is 0 Å². The van der Waals surface area contributed by atoms with Gasteiger partial charge in [0.15, 0.2) is 0 Å². The molecular weight excluding hydrogens is 229 g/mol. The van der Waals surface area contributed by atoms with Gasteiger partial charge >= 0.3 is 6.18 Å². The Morgan fingerprint density at radius 2 is 1.82 bits per heavy atom. The fourth-order valence-electron chi connectivity index (χ4n) is 1.72. The number of benzene rings is 1. The molecule has 0 spiro atoms. The van der Waals surface area contributed by atoms with Crippen LogP contribution in [-0.2, 0) is 6.18 Å². The molecule has 2 rings (SSSR count). The van der Waals surface area contributed by atoms with Gasteiger partial charge in [-0.05, 0) is 37.6 Å². The lowest BCUT2D eigenvalue weighted by molar-refractivity contribution is -0.137. The van der Waals surface area contributed by atoms with Crippen LogP contribution in [0.25, 0.3) is 5.69 Å². The molecular formula is C12H11F3N2. The third kappa shape index (κ3) is 2.33. The highest BCUT2D eigenvalue weighted by molar-refractivity contribution is 5.41. The topological polar surface area (TPSA) is 17.8 Å². The first kappa shape index (κ1) is 11.7. The number of nitrogens with zero attached hydrogens (tertiary/aromatic N) is 2. The summed E-state index contributed by atoms with van der Waals surface area (Å²) in [7, 11) is 0. The van der Waals surface area contributed by atoms with Crippen LogP contribution in [0.1, 0.15) is 17.0 Å². The first-order valence-corrected chi connectivity index (χ1v) is 5.07. The summed E-state index contributed by atoms with van der Waals surface area (Å²) in [6.07, 6.45) is -1.12. The molecule has 90 valence electrons. The molecule has 0 saturated carbocycles. The van der Waals surface area contributed by atoms with Crippen molar-refractivity contribution in [2.45, 2.75) is 20.0 Å². The van der Waals surface area contributed by atoms with Crippen LogP contribution in [-0.4, -0.2) is 9.55 Å². The van der Waals surface area contributed by atoms with Crippen molar-refractivity contribution in [3.05, 3.63) is 47.5 Å². The number of rotatable bonds is 1. The summed E-state index contributed by atoms with van der Waals surface area (Å²) >= 11 is 0. The van der Waals surface area contributed by atoms with E-state index in [1.165, 1.54) is 0 Å². The number of hydrogen-bond acceptors (Lipinski definition) is 1.